The van der Waals surface area contributed by atoms with Gasteiger partial charge in [0.15, 0.2) is 0 Å². The zero-order valence-corrected chi connectivity index (χ0v) is 12.2. The van der Waals surface area contributed by atoms with Gasteiger partial charge in [0.1, 0.15) is 6.04 Å². The molecule has 0 saturated heterocycles. The van der Waals surface area contributed by atoms with Crippen molar-refractivity contribution >= 4 is 12.0 Å². The van der Waals surface area contributed by atoms with E-state index in [9.17, 15) is 14.7 Å². The first-order valence-electron chi connectivity index (χ1n) is 7.01. The van der Waals surface area contributed by atoms with Crippen LogP contribution in [0.2, 0.25) is 0 Å². The standard InChI is InChI=1S/C15H22N2O4/c1-2-17(9-6-10-18)15(21)16-13(14(19)20)11-12-7-4-3-5-8-12/h3-5,7-8,13,18H,2,6,9-11H2,1H3,(H,16,21)(H,19,20). The third-order valence-electron chi connectivity index (χ3n) is 3.13. The molecule has 6 heteroatoms. The van der Waals surface area contributed by atoms with Crippen molar-refractivity contribution in [3.63, 3.8) is 0 Å². The third-order valence-corrected chi connectivity index (χ3v) is 3.13. The summed E-state index contributed by atoms with van der Waals surface area (Å²) in [5.41, 5.74) is 0.851. The Labute approximate surface area is 124 Å². The van der Waals surface area contributed by atoms with Crippen LogP contribution in [0.15, 0.2) is 30.3 Å². The summed E-state index contributed by atoms with van der Waals surface area (Å²) in [7, 11) is 0. The summed E-state index contributed by atoms with van der Waals surface area (Å²) in [6, 6.07) is 7.77. The molecule has 0 radical (unpaired) electrons. The number of amides is 2. The molecule has 21 heavy (non-hydrogen) atoms. The third kappa shape index (κ3) is 5.83. The van der Waals surface area contributed by atoms with Crippen molar-refractivity contribution in [3.8, 4) is 0 Å². The van der Waals surface area contributed by atoms with Crippen molar-refractivity contribution < 1.29 is 19.8 Å². The Morgan fingerprint density at radius 2 is 1.95 bits per heavy atom. The van der Waals surface area contributed by atoms with Crippen LogP contribution >= 0.6 is 0 Å². The molecule has 0 aliphatic rings. The predicted molar refractivity (Wildman–Crippen MR) is 79.1 cm³/mol. The van der Waals surface area contributed by atoms with E-state index in [0.717, 1.165) is 5.56 Å². The summed E-state index contributed by atoms with van der Waals surface area (Å²) in [4.78, 5) is 24.8. The minimum Gasteiger partial charge on any atom is -0.480 e. The molecule has 0 aromatic heterocycles. The summed E-state index contributed by atoms with van der Waals surface area (Å²) in [5, 5.41) is 20.6. The average Bonchev–Trinajstić information content (AvgIpc) is 2.48. The van der Waals surface area contributed by atoms with Crippen LogP contribution in [0.5, 0.6) is 0 Å². The topological polar surface area (TPSA) is 89.9 Å². The number of rotatable bonds is 8. The minimum absolute atomic E-state index is 0.00382. The fourth-order valence-corrected chi connectivity index (χ4v) is 1.96. The Morgan fingerprint density at radius 3 is 2.48 bits per heavy atom. The Kier molecular flexibility index (Phi) is 7.25. The Hall–Kier alpha value is -2.08. The molecule has 116 valence electrons. The number of carboxylic acids is 1. The number of hydrogen-bond acceptors (Lipinski definition) is 3. The van der Waals surface area contributed by atoms with Gasteiger partial charge in [0.05, 0.1) is 0 Å². The highest BCUT2D eigenvalue weighted by atomic mass is 16.4. The molecule has 0 aliphatic heterocycles. The number of aliphatic hydroxyl groups excluding tert-OH is 1. The number of aliphatic carboxylic acids is 1. The highest BCUT2D eigenvalue weighted by Crippen LogP contribution is 2.04. The van der Waals surface area contributed by atoms with Gasteiger partial charge < -0.3 is 20.4 Å². The van der Waals surface area contributed by atoms with Crippen LogP contribution in [0.25, 0.3) is 0 Å². The zero-order chi connectivity index (χ0) is 15.7. The first-order chi connectivity index (χ1) is 10.1. The molecular formula is C15H22N2O4. The van der Waals surface area contributed by atoms with E-state index in [2.05, 4.69) is 5.32 Å². The van der Waals surface area contributed by atoms with Gasteiger partial charge in [-0.3, -0.25) is 0 Å². The summed E-state index contributed by atoms with van der Waals surface area (Å²) >= 11 is 0. The SMILES string of the molecule is CCN(CCCO)C(=O)NC(Cc1ccccc1)C(=O)O. The second-order valence-electron chi connectivity index (χ2n) is 4.69. The van der Waals surface area contributed by atoms with Crippen molar-refractivity contribution in [3.05, 3.63) is 35.9 Å². The van der Waals surface area contributed by atoms with Crippen molar-refractivity contribution in [2.24, 2.45) is 0 Å². The summed E-state index contributed by atoms with van der Waals surface area (Å²) in [6.07, 6.45) is 0.706. The van der Waals surface area contributed by atoms with E-state index in [1.165, 1.54) is 4.90 Å². The van der Waals surface area contributed by atoms with Crippen molar-refractivity contribution in [2.75, 3.05) is 19.7 Å². The Bertz CT molecular complexity index is 450. The van der Waals surface area contributed by atoms with Gasteiger partial charge >= 0.3 is 12.0 Å². The van der Waals surface area contributed by atoms with Crippen molar-refractivity contribution in [1.82, 2.24) is 10.2 Å². The lowest BCUT2D eigenvalue weighted by atomic mass is 10.1. The van der Waals surface area contributed by atoms with Gasteiger partial charge in [0, 0.05) is 26.1 Å². The molecule has 1 atom stereocenters. The second kappa shape index (κ2) is 8.97. The van der Waals surface area contributed by atoms with Crippen LogP contribution in [-0.2, 0) is 11.2 Å². The number of benzene rings is 1. The molecule has 3 N–H and O–H groups in total. The molecule has 0 saturated carbocycles. The van der Waals surface area contributed by atoms with E-state index < -0.39 is 18.0 Å². The molecule has 2 amide bonds. The highest BCUT2D eigenvalue weighted by Gasteiger charge is 2.22. The maximum absolute atomic E-state index is 12.1. The zero-order valence-electron chi connectivity index (χ0n) is 12.2. The smallest absolute Gasteiger partial charge is 0.326 e. The van der Waals surface area contributed by atoms with Crippen LogP contribution in [-0.4, -0.2) is 52.9 Å². The van der Waals surface area contributed by atoms with Crippen LogP contribution in [0.1, 0.15) is 18.9 Å². The minimum atomic E-state index is -1.06. The average molecular weight is 294 g/mol. The number of nitrogens with zero attached hydrogens (tertiary/aromatic N) is 1. The molecule has 0 spiro atoms. The second-order valence-corrected chi connectivity index (χ2v) is 4.69. The predicted octanol–water partition coefficient (Wildman–Crippen LogP) is 1.10. The van der Waals surface area contributed by atoms with E-state index in [4.69, 9.17) is 5.11 Å². The van der Waals surface area contributed by atoms with E-state index >= 15 is 0 Å². The molecule has 1 rings (SSSR count). The monoisotopic (exact) mass is 294 g/mol. The summed E-state index contributed by atoms with van der Waals surface area (Å²) in [5.74, 6) is -1.06. The molecule has 0 heterocycles. The largest absolute Gasteiger partial charge is 0.480 e. The fraction of sp³-hybridized carbons (Fsp3) is 0.467. The first-order valence-corrected chi connectivity index (χ1v) is 7.01. The number of urea groups is 1. The molecule has 0 bridgehead atoms. The molecule has 1 aromatic carbocycles. The van der Waals surface area contributed by atoms with Crippen LogP contribution in [0.4, 0.5) is 4.79 Å². The van der Waals surface area contributed by atoms with Gasteiger partial charge in [-0.05, 0) is 18.9 Å². The molecule has 6 nitrogen and oxygen atoms in total. The maximum Gasteiger partial charge on any atom is 0.326 e. The normalized spacial score (nSPS) is 11.7. The first kappa shape index (κ1) is 17.0. The van der Waals surface area contributed by atoms with Crippen molar-refractivity contribution in [2.45, 2.75) is 25.8 Å². The van der Waals surface area contributed by atoms with Crippen LogP contribution < -0.4 is 5.32 Å². The number of nitrogens with one attached hydrogen (secondary N) is 1. The van der Waals surface area contributed by atoms with Gasteiger partial charge in [-0.1, -0.05) is 30.3 Å². The molecule has 1 unspecified atom stereocenters. The van der Waals surface area contributed by atoms with E-state index in [1.807, 2.05) is 37.3 Å². The van der Waals surface area contributed by atoms with E-state index in [0.29, 0.717) is 19.5 Å². The summed E-state index contributed by atoms with van der Waals surface area (Å²) < 4.78 is 0. The quantitative estimate of drug-likeness (QED) is 0.669. The van der Waals surface area contributed by atoms with Crippen molar-refractivity contribution in [1.29, 1.82) is 0 Å². The lowest BCUT2D eigenvalue weighted by Crippen LogP contribution is -2.49. The highest BCUT2D eigenvalue weighted by molar-refractivity contribution is 5.82. The molecule has 0 aliphatic carbocycles. The number of aliphatic hydroxyl groups is 1. The molecule has 1 aromatic rings. The van der Waals surface area contributed by atoms with Crippen LogP contribution in [0, 0.1) is 0 Å². The number of carbonyl (C=O) groups excluding carboxylic acids is 1. The summed E-state index contributed by atoms with van der Waals surface area (Å²) in [6.45, 7) is 2.67. The number of carboxylic acid groups (broad SMARTS) is 1. The van der Waals surface area contributed by atoms with Gasteiger partial charge in [-0.25, -0.2) is 9.59 Å². The van der Waals surface area contributed by atoms with Gasteiger partial charge in [0.25, 0.3) is 0 Å². The number of carbonyl (C=O) groups is 2. The Balaban J connectivity index is 2.65. The Morgan fingerprint density at radius 1 is 1.29 bits per heavy atom. The van der Waals surface area contributed by atoms with Gasteiger partial charge in [-0.2, -0.15) is 0 Å². The lowest BCUT2D eigenvalue weighted by Gasteiger charge is -2.23. The molecule has 0 fully saturated rings. The van der Waals surface area contributed by atoms with E-state index in [1.54, 1.807) is 0 Å². The number of hydrogen-bond donors (Lipinski definition) is 3. The van der Waals surface area contributed by atoms with E-state index in [-0.39, 0.29) is 13.0 Å². The molecular weight excluding hydrogens is 272 g/mol. The fourth-order valence-electron chi connectivity index (χ4n) is 1.96. The van der Waals surface area contributed by atoms with Gasteiger partial charge in [-0.15, -0.1) is 0 Å². The lowest BCUT2D eigenvalue weighted by molar-refractivity contribution is -0.139. The van der Waals surface area contributed by atoms with Crippen LogP contribution in [0.3, 0.4) is 0 Å². The van der Waals surface area contributed by atoms with Gasteiger partial charge in [0.2, 0.25) is 0 Å². The maximum atomic E-state index is 12.1.